The quantitative estimate of drug-likeness (QED) is 0.329. The summed E-state index contributed by atoms with van der Waals surface area (Å²) in [5.41, 5.74) is 7.27. The molecule has 0 saturated carbocycles. The van der Waals surface area contributed by atoms with Gasteiger partial charge < -0.3 is 20.5 Å². The van der Waals surface area contributed by atoms with E-state index in [1.54, 1.807) is 6.07 Å². The van der Waals surface area contributed by atoms with Crippen LogP contribution in [0.4, 0.5) is 18.9 Å². The van der Waals surface area contributed by atoms with E-state index in [1.165, 1.54) is 12.3 Å². The summed E-state index contributed by atoms with van der Waals surface area (Å²) >= 11 is 0. The Balaban J connectivity index is 0.00000392. The van der Waals surface area contributed by atoms with E-state index in [9.17, 15) is 13.2 Å². The number of hydrogen-bond acceptors (Lipinski definition) is 4. The lowest BCUT2D eigenvalue weighted by Gasteiger charge is -2.11. The van der Waals surface area contributed by atoms with Crippen molar-refractivity contribution in [3.8, 4) is 11.6 Å². The largest absolute Gasteiger partial charge is 0.491 e. The average molecular weight is 510 g/mol. The van der Waals surface area contributed by atoms with Crippen LogP contribution in [0.3, 0.4) is 0 Å². The molecule has 2 aromatic rings. The standard InChI is InChI=1S/C18H21F3N4O2.HI/c1-12(2)27-15-6-4-14(5-7-15)25-17(22)24-10-13-3-8-16(23-9-13)26-11-18(19,20)21;/h3-9,12H,10-11H2,1-2H3,(H3,22,24,25);1H. The van der Waals surface area contributed by atoms with Crippen molar-refractivity contribution < 1.29 is 22.6 Å². The minimum absolute atomic E-state index is 0. The van der Waals surface area contributed by atoms with Crippen molar-refractivity contribution in [1.82, 2.24) is 4.98 Å². The van der Waals surface area contributed by atoms with Crippen LogP contribution < -0.4 is 20.5 Å². The third kappa shape index (κ3) is 9.11. The Morgan fingerprint density at radius 3 is 2.39 bits per heavy atom. The molecule has 0 aliphatic heterocycles. The zero-order valence-corrected chi connectivity index (χ0v) is 17.7. The van der Waals surface area contributed by atoms with E-state index in [0.29, 0.717) is 5.56 Å². The van der Waals surface area contributed by atoms with E-state index >= 15 is 0 Å². The highest BCUT2D eigenvalue weighted by atomic mass is 127. The first-order valence-corrected chi connectivity index (χ1v) is 8.19. The zero-order valence-electron chi connectivity index (χ0n) is 15.4. The zero-order chi connectivity index (χ0) is 19.9. The minimum Gasteiger partial charge on any atom is -0.491 e. The molecule has 0 unspecified atom stereocenters. The molecule has 1 aromatic carbocycles. The topological polar surface area (TPSA) is 81.8 Å². The predicted octanol–water partition coefficient (Wildman–Crippen LogP) is 4.35. The molecule has 0 radical (unpaired) electrons. The van der Waals surface area contributed by atoms with E-state index in [2.05, 4.69) is 20.0 Å². The first-order valence-electron chi connectivity index (χ1n) is 8.19. The number of aromatic nitrogens is 1. The van der Waals surface area contributed by atoms with E-state index in [1.807, 2.05) is 38.1 Å². The Morgan fingerprint density at radius 2 is 1.86 bits per heavy atom. The molecule has 1 heterocycles. The molecule has 0 atom stereocenters. The first-order chi connectivity index (χ1) is 12.7. The molecule has 6 nitrogen and oxygen atoms in total. The second kappa shape index (κ2) is 10.9. The maximum absolute atomic E-state index is 12.1. The van der Waals surface area contributed by atoms with E-state index in [0.717, 1.165) is 11.4 Å². The lowest BCUT2D eigenvalue weighted by Crippen LogP contribution is -2.22. The van der Waals surface area contributed by atoms with Gasteiger partial charge in [0.2, 0.25) is 5.88 Å². The first kappa shape index (κ1) is 23.8. The van der Waals surface area contributed by atoms with Crippen molar-refractivity contribution in [2.45, 2.75) is 32.7 Å². The molecule has 2 rings (SSSR count). The van der Waals surface area contributed by atoms with Gasteiger partial charge >= 0.3 is 6.18 Å². The van der Waals surface area contributed by atoms with Crippen molar-refractivity contribution in [2.24, 2.45) is 10.7 Å². The van der Waals surface area contributed by atoms with Crippen molar-refractivity contribution >= 4 is 35.6 Å². The second-order valence-corrected chi connectivity index (χ2v) is 5.93. The van der Waals surface area contributed by atoms with Gasteiger partial charge in [-0.25, -0.2) is 9.98 Å². The lowest BCUT2D eigenvalue weighted by atomic mass is 10.3. The molecule has 1 aromatic heterocycles. The number of guanidine groups is 1. The number of nitrogens with one attached hydrogen (secondary N) is 1. The van der Waals surface area contributed by atoms with Gasteiger partial charge in [-0.1, -0.05) is 6.07 Å². The second-order valence-electron chi connectivity index (χ2n) is 5.93. The van der Waals surface area contributed by atoms with Crippen molar-refractivity contribution in [3.63, 3.8) is 0 Å². The van der Waals surface area contributed by atoms with Crippen LogP contribution in [0.1, 0.15) is 19.4 Å². The molecular weight excluding hydrogens is 488 g/mol. The average Bonchev–Trinajstić information content (AvgIpc) is 2.60. The number of rotatable bonds is 7. The van der Waals surface area contributed by atoms with Crippen molar-refractivity contribution in [1.29, 1.82) is 0 Å². The summed E-state index contributed by atoms with van der Waals surface area (Å²) in [5, 5.41) is 2.94. The number of nitrogens with zero attached hydrogens (tertiary/aromatic N) is 2. The summed E-state index contributed by atoms with van der Waals surface area (Å²) in [6, 6.07) is 10.2. The van der Waals surface area contributed by atoms with Gasteiger partial charge in [0.15, 0.2) is 12.6 Å². The fourth-order valence-corrected chi connectivity index (χ4v) is 2.00. The smallest absolute Gasteiger partial charge is 0.422 e. The number of ether oxygens (including phenoxy) is 2. The number of anilines is 1. The maximum atomic E-state index is 12.1. The molecule has 0 bridgehead atoms. The van der Waals surface area contributed by atoms with Gasteiger partial charge in [0.1, 0.15) is 5.75 Å². The molecule has 28 heavy (non-hydrogen) atoms. The van der Waals surface area contributed by atoms with E-state index < -0.39 is 12.8 Å². The van der Waals surface area contributed by atoms with Crippen molar-refractivity contribution in [3.05, 3.63) is 48.2 Å². The normalized spacial score (nSPS) is 11.7. The number of halogens is 4. The molecule has 0 aliphatic rings. The van der Waals surface area contributed by atoms with Crippen LogP contribution in [0.15, 0.2) is 47.6 Å². The number of benzene rings is 1. The van der Waals surface area contributed by atoms with Crippen LogP contribution in [0.25, 0.3) is 0 Å². The van der Waals surface area contributed by atoms with Crippen LogP contribution in [0.5, 0.6) is 11.6 Å². The Morgan fingerprint density at radius 1 is 1.18 bits per heavy atom. The van der Waals surface area contributed by atoms with Crippen LogP contribution in [-0.2, 0) is 6.54 Å². The van der Waals surface area contributed by atoms with Gasteiger partial charge in [-0.15, -0.1) is 24.0 Å². The highest BCUT2D eigenvalue weighted by molar-refractivity contribution is 14.0. The minimum atomic E-state index is -4.40. The summed E-state index contributed by atoms with van der Waals surface area (Å²) in [6.07, 6.45) is -2.92. The molecule has 154 valence electrons. The van der Waals surface area contributed by atoms with E-state index in [-0.39, 0.29) is 48.5 Å². The molecule has 0 saturated heterocycles. The molecular formula is C18H22F3IN4O2. The lowest BCUT2D eigenvalue weighted by molar-refractivity contribution is -0.154. The summed E-state index contributed by atoms with van der Waals surface area (Å²) < 4.78 is 46.4. The predicted molar refractivity (Wildman–Crippen MR) is 112 cm³/mol. The van der Waals surface area contributed by atoms with Gasteiger partial charge in [0, 0.05) is 18.0 Å². The van der Waals surface area contributed by atoms with Crippen LogP contribution in [-0.4, -0.2) is 29.8 Å². The van der Waals surface area contributed by atoms with Gasteiger partial charge in [-0.05, 0) is 43.7 Å². The van der Waals surface area contributed by atoms with Gasteiger partial charge in [0.25, 0.3) is 0 Å². The molecule has 3 N–H and O–H groups in total. The van der Waals surface area contributed by atoms with Gasteiger partial charge in [-0.2, -0.15) is 13.2 Å². The molecule has 0 spiro atoms. The highest BCUT2D eigenvalue weighted by Gasteiger charge is 2.28. The number of hydrogen-bond donors (Lipinski definition) is 2. The van der Waals surface area contributed by atoms with Crippen LogP contribution in [0.2, 0.25) is 0 Å². The molecule has 0 fully saturated rings. The Hall–Kier alpha value is -2.24. The number of aliphatic imine (C=N–C) groups is 1. The highest BCUT2D eigenvalue weighted by Crippen LogP contribution is 2.18. The Kier molecular flexibility index (Phi) is 9.29. The third-order valence-electron chi connectivity index (χ3n) is 3.11. The summed E-state index contributed by atoms with van der Waals surface area (Å²) in [7, 11) is 0. The monoisotopic (exact) mass is 510 g/mol. The van der Waals surface area contributed by atoms with Crippen molar-refractivity contribution in [2.75, 3.05) is 11.9 Å². The Labute approximate surface area is 178 Å². The molecule has 0 amide bonds. The maximum Gasteiger partial charge on any atom is 0.422 e. The SMILES string of the molecule is CC(C)Oc1ccc(NC(N)=NCc2ccc(OCC(F)(F)F)nc2)cc1.I. The van der Waals surface area contributed by atoms with Gasteiger partial charge in [0.05, 0.1) is 12.6 Å². The number of nitrogens with two attached hydrogens (primary N) is 1. The third-order valence-corrected chi connectivity index (χ3v) is 3.11. The fraction of sp³-hybridized carbons (Fsp3) is 0.333. The number of alkyl halides is 3. The van der Waals surface area contributed by atoms with E-state index in [4.69, 9.17) is 10.5 Å². The fourth-order valence-electron chi connectivity index (χ4n) is 2.00. The number of pyridine rings is 1. The summed E-state index contributed by atoms with van der Waals surface area (Å²) in [6.45, 7) is 2.73. The summed E-state index contributed by atoms with van der Waals surface area (Å²) in [4.78, 5) is 7.98. The molecule has 0 aliphatic carbocycles. The van der Waals surface area contributed by atoms with Gasteiger partial charge in [-0.3, -0.25) is 0 Å². The Bertz CT molecular complexity index is 751. The van der Waals surface area contributed by atoms with Crippen LogP contribution >= 0.6 is 24.0 Å². The van der Waals surface area contributed by atoms with Crippen LogP contribution in [0, 0.1) is 0 Å². The molecule has 10 heteroatoms. The summed E-state index contributed by atoms with van der Waals surface area (Å²) in [5.74, 6) is 0.852.